The Balaban J connectivity index is 1.47. The minimum absolute atomic E-state index is 0.222. The lowest BCUT2D eigenvalue weighted by Crippen LogP contribution is -2.12. The number of nitrogens with zero attached hydrogens (tertiary/aromatic N) is 1. The smallest absolute Gasteiger partial charge is 0.267 e. The third kappa shape index (κ3) is 4.14. The molecule has 0 atom stereocenters. The van der Waals surface area contributed by atoms with E-state index >= 15 is 0 Å². The third-order valence-corrected chi connectivity index (χ3v) is 5.98. The number of carbonyl (C=O) groups is 2. The molecule has 2 N–H and O–H groups in total. The summed E-state index contributed by atoms with van der Waals surface area (Å²) in [6, 6.07) is 12.9. The van der Waals surface area contributed by atoms with E-state index in [0.29, 0.717) is 27.0 Å². The summed E-state index contributed by atoms with van der Waals surface area (Å²) in [5.74, 6) is 0.0745. The predicted molar refractivity (Wildman–Crippen MR) is 114 cm³/mol. The number of aryl methyl sites for hydroxylation is 3. The van der Waals surface area contributed by atoms with Gasteiger partial charge in [0.1, 0.15) is 10.6 Å². The number of anilines is 2. The number of benzene rings is 2. The number of hydrogen-bond acceptors (Lipinski definition) is 5. The molecular weight excluding hydrogens is 386 g/mol. The first-order valence-corrected chi connectivity index (χ1v) is 10.2. The van der Waals surface area contributed by atoms with Gasteiger partial charge in [0.15, 0.2) is 5.13 Å². The van der Waals surface area contributed by atoms with Gasteiger partial charge in [-0.25, -0.2) is 4.98 Å². The number of thiazole rings is 1. The zero-order valence-electron chi connectivity index (χ0n) is 16.2. The van der Waals surface area contributed by atoms with Crippen molar-refractivity contribution in [2.24, 2.45) is 0 Å². The third-order valence-electron chi connectivity index (χ3n) is 4.91. The van der Waals surface area contributed by atoms with Crippen LogP contribution in [0.3, 0.4) is 0 Å². The van der Waals surface area contributed by atoms with E-state index < -0.39 is 0 Å². The van der Waals surface area contributed by atoms with Crippen LogP contribution < -0.4 is 15.4 Å². The molecule has 0 unspecified atom stereocenters. The van der Waals surface area contributed by atoms with Crippen molar-refractivity contribution in [3.8, 4) is 5.75 Å². The number of fused-ring (bicyclic) bond motifs is 1. The van der Waals surface area contributed by atoms with Crippen LogP contribution in [-0.2, 0) is 12.8 Å². The monoisotopic (exact) mass is 407 g/mol. The Morgan fingerprint density at radius 3 is 2.69 bits per heavy atom. The number of ether oxygens (including phenoxy) is 1. The van der Waals surface area contributed by atoms with Crippen molar-refractivity contribution in [1.29, 1.82) is 0 Å². The number of aromatic nitrogens is 1. The van der Waals surface area contributed by atoms with Crippen LogP contribution in [0.4, 0.5) is 10.8 Å². The number of amides is 2. The highest BCUT2D eigenvalue weighted by molar-refractivity contribution is 7.17. The first-order valence-electron chi connectivity index (χ1n) is 9.39. The molecule has 0 aliphatic heterocycles. The maximum Gasteiger partial charge on any atom is 0.267 e. The second kappa shape index (κ2) is 8.05. The van der Waals surface area contributed by atoms with E-state index in [4.69, 9.17) is 4.74 Å². The lowest BCUT2D eigenvalue weighted by atomic mass is 10.1. The molecule has 7 heteroatoms. The summed E-state index contributed by atoms with van der Waals surface area (Å²) in [7, 11) is 1.55. The highest BCUT2D eigenvalue weighted by atomic mass is 32.1. The van der Waals surface area contributed by atoms with E-state index in [1.807, 2.05) is 12.1 Å². The summed E-state index contributed by atoms with van der Waals surface area (Å²) in [5.41, 5.74) is 4.48. The first kappa shape index (κ1) is 19.1. The van der Waals surface area contributed by atoms with Crippen molar-refractivity contribution >= 4 is 34.0 Å². The molecule has 29 heavy (non-hydrogen) atoms. The van der Waals surface area contributed by atoms with E-state index in [9.17, 15) is 9.59 Å². The quantitative estimate of drug-likeness (QED) is 0.655. The minimum Gasteiger partial charge on any atom is -0.497 e. The Morgan fingerprint density at radius 1 is 1.03 bits per heavy atom. The number of methoxy groups -OCH3 is 1. The normalized spacial score (nSPS) is 12.3. The van der Waals surface area contributed by atoms with Gasteiger partial charge in [0.2, 0.25) is 0 Å². The van der Waals surface area contributed by atoms with Crippen molar-refractivity contribution < 1.29 is 14.3 Å². The average molecular weight is 407 g/mol. The second-order valence-electron chi connectivity index (χ2n) is 6.91. The van der Waals surface area contributed by atoms with Gasteiger partial charge < -0.3 is 10.1 Å². The lowest BCUT2D eigenvalue weighted by Gasteiger charge is -2.06. The molecule has 1 heterocycles. The lowest BCUT2D eigenvalue weighted by molar-refractivity contribution is 0.102. The number of nitrogens with one attached hydrogen (secondary N) is 2. The van der Waals surface area contributed by atoms with Crippen LogP contribution in [0.5, 0.6) is 5.75 Å². The molecule has 0 bridgehead atoms. The molecule has 0 fully saturated rings. The Morgan fingerprint density at radius 2 is 1.86 bits per heavy atom. The van der Waals surface area contributed by atoms with E-state index in [1.165, 1.54) is 11.1 Å². The summed E-state index contributed by atoms with van der Waals surface area (Å²) >= 11 is 1.16. The molecule has 3 aromatic rings. The fourth-order valence-corrected chi connectivity index (χ4v) is 4.29. The topological polar surface area (TPSA) is 80.3 Å². The molecule has 0 radical (unpaired) electrons. The summed E-state index contributed by atoms with van der Waals surface area (Å²) in [6.45, 7) is 1.76. The molecule has 2 aromatic carbocycles. The Hall–Kier alpha value is -3.19. The van der Waals surface area contributed by atoms with Gasteiger partial charge in [-0.2, -0.15) is 0 Å². The molecule has 4 rings (SSSR count). The van der Waals surface area contributed by atoms with Gasteiger partial charge in [0, 0.05) is 11.3 Å². The fourth-order valence-electron chi connectivity index (χ4n) is 3.43. The highest BCUT2D eigenvalue weighted by Crippen LogP contribution is 2.27. The summed E-state index contributed by atoms with van der Waals surface area (Å²) in [4.78, 5) is 30.0. The van der Waals surface area contributed by atoms with Crippen LogP contribution in [0.2, 0.25) is 0 Å². The van der Waals surface area contributed by atoms with Gasteiger partial charge in [0.25, 0.3) is 11.8 Å². The Labute approximate surface area is 172 Å². The molecule has 0 saturated carbocycles. The van der Waals surface area contributed by atoms with Gasteiger partial charge in [-0.3, -0.25) is 14.9 Å². The number of hydrogen-bond donors (Lipinski definition) is 2. The molecule has 6 nitrogen and oxygen atoms in total. The van der Waals surface area contributed by atoms with Crippen molar-refractivity contribution in [3.63, 3.8) is 0 Å². The number of rotatable bonds is 5. The molecule has 1 aromatic heterocycles. The van der Waals surface area contributed by atoms with Gasteiger partial charge in [0.05, 0.1) is 12.8 Å². The first-order chi connectivity index (χ1) is 14.0. The van der Waals surface area contributed by atoms with Crippen LogP contribution in [0.15, 0.2) is 42.5 Å². The second-order valence-corrected chi connectivity index (χ2v) is 7.91. The Kier molecular flexibility index (Phi) is 5.31. The molecule has 0 saturated heterocycles. The molecular formula is C22H21N3O3S. The van der Waals surface area contributed by atoms with Gasteiger partial charge in [-0.05, 0) is 67.6 Å². The fraction of sp³-hybridized carbons (Fsp3) is 0.227. The van der Waals surface area contributed by atoms with Crippen molar-refractivity contribution in [2.45, 2.75) is 26.2 Å². The summed E-state index contributed by atoms with van der Waals surface area (Å²) < 4.78 is 5.15. The van der Waals surface area contributed by atoms with E-state index in [1.54, 1.807) is 38.3 Å². The van der Waals surface area contributed by atoms with E-state index in [2.05, 4.69) is 21.7 Å². The average Bonchev–Trinajstić information content (AvgIpc) is 3.33. The van der Waals surface area contributed by atoms with Crippen LogP contribution in [0.1, 0.15) is 43.3 Å². The molecule has 1 aliphatic carbocycles. The predicted octanol–water partition coefficient (Wildman–Crippen LogP) is 4.45. The van der Waals surface area contributed by atoms with Crippen molar-refractivity contribution in [1.82, 2.24) is 4.98 Å². The van der Waals surface area contributed by atoms with Crippen molar-refractivity contribution in [2.75, 3.05) is 17.7 Å². The highest BCUT2D eigenvalue weighted by Gasteiger charge is 2.18. The van der Waals surface area contributed by atoms with Gasteiger partial charge in [-0.1, -0.05) is 23.5 Å². The van der Waals surface area contributed by atoms with Gasteiger partial charge in [-0.15, -0.1) is 0 Å². The zero-order chi connectivity index (χ0) is 20.4. The molecule has 1 aliphatic rings. The maximum atomic E-state index is 12.7. The number of carbonyl (C=O) groups excluding carboxylic acids is 2. The van der Waals surface area contributed by atoms with Crippen LogP contribution in [0.25, 0.3) is 0 Å². The van der Waals surface area contributed by atoms with Crippen LogP contribution in [0, 0.1) is 6.92 Å². The molecule has 2 amide bonds. The standard InChI is InChI=1S/C22H21N3O3S/c1-13-19(21(27)24-17-10-9-14-5-3-6-15(14)11-17)29-22(23-13)25-20(26)16-7-4-8-18(12-16)28-2/h4,7-12H,3,5-6H2,1-2H3,(H,24,27)(H,23,25,26). The van der Waals surface area contributed by atoms with E-state index in [-0.39, 0.29) is 11.8 Å². The van der Waals surface area contributed by atoms with Gasteiger partial charge >= 0.3 is 0 Å². The SMILES string of the molecule is COc1cccc(C(=O)Nc2nc(C)c(C(=O)Nc3ccc4c(c3)CCC4)s2)c1. The van der Waals surface area contributed by atoms with Crippen LogP contribution in [-0.4, -0.2) is 23.9 Å². The van der Waals surface area contributed by atoms with Crippen LogP contribution >= 0.6 is 11.3 Å². The summed E-state index contributed by atoms with van der Waals surface area (Å²) in [5, 5.41) is 6.08. The van der Waals surface area contributed by atoms with Crippen molar-refractivity contribution in [3.05, 3.63) is 69.7 Å². The Bertz CT molecular complexity index is 1090. The maximum absolute atomic E-state index is 12.7. The molecule has 0 spiro atoms. The largest absolute Gasteiger partial charge is 0.497 e. The molecule has 148 valence electrons. The minimum atomic E-state index is -0.303. The van der Waals surface area contributed by atoms with E-state index in [0.717, 1.165) is 36.3 Å². The zero-order valence-corrected chi connectivity index (χ0v) is 17.1. The summed E-state index contributed by atoms with van der Waals surface area (Å²) in [6.07, 6.45) is 3.32.